The molecule has 9 heteroatoms. The molecule has 3 rings (SSSR count). The summed E-state index contributed by atoms with van der Waals surface area (Å²) in [6, 6.07) is 10.5. The average molecular weight is 435 g/mol. The van der Waals surface area contributed by atoms with Crippen LogP contribution in [-0.4, -0.2) is 40.4 Å². The summed E-state index contributed by atoms with van der Waals surface area (Å²) in [6.07, 6.45) is 1.51. The first-order valence-corrected chi connectivity index (χ1v) is 8.66. The number of methoxy groups -OCH3 is 2. The van der Waals surface area contributed by atoms with Crippen molar-refractivity contribution in [2.45, 2.75) is 0 Å². The van der Waals surface area contributed by atoms with Crippen molar-refractivity contribution in [1.29, 1.82) is 0 Å². The Morgan fingerprint density at radius 3 is 2.69 bits per heavy atom. The second kappa shape index (κ2) is 7.71. The van der Waals surface area contributed by atoms with Crippen LogP contribution in [0, 0.1) is 4.77 Å². The van der Waals surface area contributed by atoms with Crippen molar-refractivity contribution in [2.75, 3.05) is 14.2 Å². The van der Waals surface area contributed by atoms with Crippen LogP contribution in [0.1, 0.15) is 5.56 Å². The molecule has 0 amide bonds. The lowest BCUT2D eigenvalue weighted by molar-refractivity contribution is 0.355. The Bertz CT molecular complexity index is 1030. The molecule has 26 heavy (non-hydrogen) atoms. The van der Waals surface area contributed by atoms with Gasteiger partial charge in [-0.2, -0.15) is 14.9 Å². The summed E-state index contributed by atoms with van der Waals surface area (Å²) in [6.45, 7) is 0. The van der Waals surface area contributed by atoms with Crippen molar-refractivity contribution in [1.82, 2.24) is 14.9 Å². The number of H-pyrrole nitrogens is 1. The van der Waals surface area contributed by atoms with Crippen LogP contribution in [-0.2, 0) is 0 Å². The van der Waals surface area contributed by atoms with Gasteiger partial charge in [0.25, 0.3) is 0 Å². The number of hydrogen-bond donors (Lipinski definition) is 2. The molecule has 0 spiro atoms. The Morgan fingerprint density at radius 1 is 1.19 bits per heavy atom. The maximum absolute atomic E-state index is 9.94. The van der Waals surface area contributed by atoms with Gasteiger partial charge in [0.15, 0.2) is 17.3 Å². The molecular formula is C17H15BrN4O3S. The largest absolute Gasteiger partial charge is 0.507 e. The molecular weight excluding hydrogens is 420 g/mol. The second-order valence-electron chi connectivity index (χ2n) is 5.18. The molecule has 0 saturated carbocycles. The minimum absolute atomic E-state index is 0.111. The third-order valence-corrected chi connectivity index (χ3v) is 4.35. The van der Waals surface area contributed by atoms with Crippen LogP contribution in [0.2, 0.25) is 0 Å². The second-order valence-corrected chi connectivity index (χ2v) is 6.48. The summed E-state index contributed by atoms with van der Waals surface area (Å²) in [5.74, 6) is 1.79. The predicted molar refractivity (Wildman–Crippen MR) is 105 cm³/mol. The lowest BCUT2D eigenvalue weighted by Crippen LogP contribution is -1.97. The van der Waals surface area contributed by atoms with Crippen LogP contribution in [0.25, 0.3) is 11.4 Å². The van der Waals surface area contributed by atoms with Gasteiger partial charge in [-0.1, -0.05) is 15.9 Å². The first-order chi connectivity index (χ1) is 12.5. The summed E-state index contributed by atoms with van der Waals surface area (Å²) in [7, 11) is 3.13. The van der Waals surface area contributed by atoms with Gasteiger partial charge in [0, 0.05) is 15.6 Å². The normalized spacial score (nSPS) is 11.0. The molecule has 3 aromatic rings. The molecule has 1 heterocycles. The third-order valence-electron chi connectivity index (χ3n) is 3.59. The van der Waals surface area contributed by atoms with Gasteiger partial charge in [0.05, 0.1) is 20.4 Å². The van der Waals surface area contributed by atoms with Crippen molar-refractivity contribution in [3.05, 3.63) is 51.2 Å². The summed E-state index contributed by atoms with van der Waals surface area (Å²) in [4.78, 5) is 0. The number of aromatic nitrogens is 3. The van der Waals surface area contributed by atoms with Crippen LogP contribution >= 0.6 is 28.1 Å². The van der Waals surface area contributed by atoms with Crippen LogP contribution in [0.4, 0.5) is 0 Å². The summed E-state index contributed by atoms with van der Waals surface area (Å²) < 4.78 is 13.2. The summed E-state index contributed by atoms with van der Waals surface area (Å²) in [5.41, 5.74) is 1.28. The molecule has 134 valence electrons. The number of rotatable bonds is 5. The molecule has 0 radical (unpaired) electrons. The van der Waals surface area contributed by atoms with Crippen molar-refractivity contribution in [3.63, 3.8) is 0 Å². The number of phenols is 1. The summed E-state index contributed by atoms with van der Waals surface area (Å²) >= 11 is 8.63. The van der Waals surface area contributed by atoms with E-state index in [0.717, 1.165) is 10.0 Å². The molecule has 0 bridgehead atoms. The number of aromatic amines is 1. The fraction of sp³-hybridized carbons (Fsp3) is 0.118. The molecule has 0 unspecified atom stereocenters. The van der Waals surface area contributed by atoms with Gasteiger partial charge >= 0.3 is 0 Å². The van der Waals surface area contributed by atoms with Crippen LogP contribution in [0.5, 0.6) is 17.2 Å². The third kappa shape index (κ3) is 3.63. The standard InChI is InChI=1S/C17H15BrN4O3S/c1-24-14-6-3-10(8-15(14)25-2)16-20-21-17(26)22(16)19-9-11-7-12(18)4-5-13(11)23/h3-9,23H,1-2H3,(H,21,26). The molecule has 2 aromatic carbocycles. The van der Waals surface area contributed by atoms with E-state index in [1.54, 1.807) is 44.6 Å². The minimum atomic E-state index is 0.111. The van der Waals surface area contributed by atoms with Crippen molar-refractivity contribution in [3.8, 4) is 28.6 Å². The molecule has 0 aliphatic rings. The fourth-order valence-electron chi connectivity index (χ4n) is 2.31. The molecule has 0 fully saturated rings. The zero-order valence-corrected chi connectivity index (χ0v) is 16.3. The van der Waals surface area contributed by atoms with E-state index in [9.17, 15) is 5.11 Å². The maximum atomic E-state index is 9.94. The Hall–Kier alpha value is -2.65. The highest BCUT2D eigenvalue weighted by molar-refractivity contribution is 9.10. The lowest BCUT2D eigenvalue weighted by Gasteiger charge is -2.09. The molecule has 2 N–H and O–H groups in total. The van der Waals surface area contributed by atoms with Crippen molar-refractivity contribution < 1.29 is 14.6 Å². The quantitative estimate of drug-likeness (QED) is 0.468. The first-order valence-electron chi connectivity index (χ1n) is 7.46. The van der Waals surface area contributed by atoms with Gasteiger partial charge in [-0.25, -0.2) is 5.10 Å². The van der Waals surface area contributed by atoms with E-state index < -0.39 is 0 Å². The van der Waals surface area contributed by atoms with E-state index in [-0.39, 0.29) is 5.75 Å². The monoisotopic (exact) mass is 434 g/mol. The van der Waals surface area contributed by atoms with Gasteiger partial charge in [-0.3, -0.25) is 0 Å². The minimum Gasteiger partial charge on any atom is -0.507 e. The first kappa shape index (κ1) is 18.2. The van der Waals surface area contributed by atoms with Gasteiger partial charge in [0.1, 0.15) is 5.75 Å². The highest BCUT2D eigenvalue weighted by atomic mass is 79.9. The Balaban J connectivity index is 2.04. The molecule has 0 saturated heterocycles. The van der Waals surface area contributed by atoms with E-state index in [0.29, 0.717) is 27.7 Å². The molecule has 0 aliphatic carbocycles. The SMILES string of the molecule is COc1ccc(-c2n[nH]c(=S)n2N=Cc2cc(Br)ccc2O)cc1OC. The van der Waals surface area contributed by atoms with E-state index >= 15 is 0 Å². The van der Waals surface area contributed by atoms with Crippen LogP contribution < -0.4 is 9.47 Å². The smallest absolute Gasteiger partial charge is 0.216 e. The van der Waals surface area contributed by atoms with E-state index in [1.165, 1.54) is 10.9 Å². The Kier molecular flexibility index (Phi) is 5.38. The van der Waals surface area contributed by atoms with Crippen LogP contribution in [0.15, 0.2) is 46.0 Å². The molecule has 0 atom stereocenters. The van der Waals surface area contributed by atoms with E-state index in [2.05, 4.69) is 31.2 Å². The van der Waals surface area contributed by atoms with E-state index in [4.69, 9.17) is 21.7 Å². The number of nitrogens with one attached hydrogen (secondary N) is 1. The molecule has 7 nitrogen and oxygen atoms in total. The Morgan fingerprint density at radius 2 is 1.96 bits per heavy atom. The highest BCUT2D eigenvalue weighted by Gasteiger charge is 2.12. The van der Waals surface area contributed by atoms with Crippen molar-refractivity contribution in [2.24, 2.45) is 5.10 Å². The number of halogens is 1. The number of aromatic hydroxyl groups is 1. The van der Waals surface area contributed by atoms with Gasteiger partial charge in [-0.15, -0.1) is 0 Å². The molecule has 1 aromatic heterocycles. The number of nitrogens with zero attached hydrogens (tertiary/aromatic N) is 3. The zero-order chi connectivity index (χ0) is 18.7. The predicted octanol–water partition coefficient (Wildman–Crippen LogP) is 3.98. The zero-order valence-electron chi connectivity index (χ0n) is 13.9. The van der Waals surface area contributed by atoms with Gasteiger partial charge in [0.2, 0.25) is 4.77 Å². The van der Waals surface area contributed by atoms with E-state index in [1.807, 2.05) is 6.07 Å². The van der Waals surface area contributed by atoms with Crippen molar-refractivity contribution >= 4 is 34.4 Å². The average Bonchev–Trinajstić information content (AvgIpc) is 3.02. The fourth-order valence-corrected chi connectivity index (χ4v) is 2.87. The number of phenolic OH excluding ortho intramolecular Hbond substituents is 1. The van der Waals surface area contributed by atoms with Crippen LogP contribution in [0.3, 0.4) is 0 Å². The highest BCUT2D eigenvalue weighted by Crippen LogP contribution is 2.31. The maximum Gasteiger partial charge on any atom is 0.216 e. The molecule has 0 aliphatic heterocycles. The topological polar surface area (TPSA) is 84.7 Å². The number of hydrogen-bond acceptors (Lipinski definition) is 6. The van der Waals surface area contributed by atoms with Gasteiger partial charge in [-0.05, 0) is 48.6 Å². The summed E-state index contributed by atoms with van der Waals surface area (Å²) in [5, 5.41) is 21.3. The van der Waals surface area contributed by atoms with Gasteiger partial charge < -0.3 is 14.6 Å². The Labute approximate surface area is 163 Å². The number of ether oxygens (including phenoxy) is 2. The lowest BCUT2D eigenvalue weighted by atomic mass is 10.2. The number of benzene rings is 2.